The van der Waals surface area contributed by atoms with Crippen LogP contribution in [-0.2, 0) is 16.1 Å². The first-order valence-corrected chi connectivity index (χ1v) is 10.3. The van der Waals surface area contributed by atoms with Crippen molar-refractivity contribution in [3.63, 3.8) is 0 Å². The second kappa shape index (κ2) is 8.05. The molecule has 2 fully saturated rings. The van der Waals surface area contributed by atoms with Gasteiger partial charge in [-0.25, -0.2) is 0 Å². The highest BCUT2D eigenvalue weighted by Gasteiger charge is 2.47. The lowest BCUT2D eigenvalue weighted by molar-refractivity contribution is -0.158. The van der Waals surface area contributed by atoms with E-state index in [0.29, 0.717) is 19.2 Å². The van der Waals surface area contributed by atoms with Crippen molar-refractivity contribution in [2.75, 3.05) is 31.1 Å². The zero-order chi connectivity index (χ0) is 19.6. The summed E-state index contributed by atoms with van der Waals surface area (Å²) in [6, 6.07) is 12.4. The molecular formula is C22H30N4O2. The lowest BCUT2D eigenvalue weighted by Crippen LogP contribution is -2.60. The zero-order valence-electron chi connectivity index (χ0n) is 16.9. The quantitative estimate of drug-likeness (QED) is 0.815. The molecule has 2 saturated heterocycles. The minimum absolute atomic E-state index is 0.110. The fourth-order valence-electron chi connectivity index (χ4n) is 4.42. The number of nitrogens with zero attached hydrogens (tertiary/aromatic N) is 4. The van der Waals surface area contributed by atoms with Gasteiger partial charge in [-0.15, -0.1) is 0 Å². The van der Waals surface area contributed by atoms with E-state index in [-0.39, 0.29) is 5.91 Å². The Morgan fingerprint density at radius 3 is 2.75 bits per heavy atom. The largest absolute Gasteiger partial charge is 0.362 e. The van der Waals surface area contributed by atoms with Crippen LogP contribution in [0.2, 0.25) is 0 Å². The van der Waals surface area contributed by atoms with Gasteiger partial charge >= 0.3 is 0 Å². The van der Waals surface area contributed by atoms with Gasteiger partial charge in [0.2, 0.25) is 0 Å². The van der Waals surface area contributed by atoms with Crippen LogP contribution in [0, 0.1) is 0 Å². The van der Waals surface area contributed by atoms with Crippen LogP contribution < -0.4 is 4.90 Å². The number of carbonyl (C=O) groups excluding carboxylic acids is 1. The first-order chi connectivity index (χ1) is 13.6. The highest BCUT2D eigenvalue weighted by Crippen LogP contribution is 2.32. The fourth-order valence-corrected chi connectivity index (χ4v) is 4.42. The Kier molecular flexibility index (Phi) is 5.51. The van der Waals surface area contributed by atoms with Crippen LogP contribution in [0.15, 0.2) is 42.6 Å². The van der Waals surface area contributed by atoms with Crippen molar-refractivity contribution in [3.05, 3.63) is 48.3 Å². The van der Waals surface area contributed by atoms with Gasteiger partial charge in [0.1, 0.15) is 0 Å². The average Bonchev–Trinajstić information content (AvgIpc) is 3.11. The Balaban J connectivity index is 1.55. The van der Waals surface area contributed by atoms with Crippen molar-refractivity contribution >= 4 is 11.6 Å². The van der Waals surface area contributed by atoms with Gasteiger partial charge in [-0.1, -0.05) is 18.2 Å². The minimum atomic E-state index is -0.743. The number of hydrogen-bond donors (Lipinski definition) is 0. The Morgan fingerprint density at radius 2 is 1.96 bits per heavy atom. The lowest BCUT2D eigenvalue weighted by Gasteiger charge is -2.42. The van der Waals surface area contributed by atoms with Crippen molar-refractivity contribution in [3.8, 4) is 0 Å². The standard InChI is InChI=1S/C22H30N4O2/c1-18(2)26-20(10-12-23-26)16-24-14-15-28-22(17-24)11-6-7-13-25(21(22)27)19-8-4-3-5-9-19/h3-5,8-10,12,18H,6-7,11,13-17H2,1-2H3. The van der Waals surface area contributed by atoms with Gasteiger partial charge in [0.05, 0.1) is 12.3 Å². The van der Waals surface area contributed by atoms with E-state index >= 15 is 0 Å². The maximum absolute atomic E-state index is 13.6. The third-order valence-corrected chi connectivity index (χ3v) is 5.81. The van der Waals surface area contributed by atoms with E-state index in [2.05, 4.69) is 34.6 Å². The van der Waals surface area contributed by atoms with Crippen LogP contribution in [0.25, 0.3) is 0 Å². The summed E-state index contributed by atoms with van der Waals surface area (Å²) in [7, 11) is 0. The summed E-state index contributed by atoms with van der Waals surface area (Å²) in [4.78, 5) is 17.9. The van der Waals surface area contributed by atoms with Gasteiger partial charge in [0, 0.05) is 44.1 Å². The second-order valence-corrected chi connectivity index (χ2v) is 8.16. The fraction of sp³-hybridized carbons (Fsp3) is 0.545. The van der Waals surface area contributed by atoms with Crippen molar-refractivity contribution in [1.82, 2.24) is 14.7 Å². The van der Waals surface area contributed by atoms with Crippen molar-refractivity contribution < 1.29 is 9.53 Å². The van der Waals surface area contributed by atoms with E-state index in [1.54, 1.807) is 0 Å². The Bertz CT molecular complexity index is 804. The molecule has 0 bridgehead atoms. The van der Waals surface area contributed by atoms with Crippen molar-refractivity contribution in [2.24, 2.45) is 0 Å². The van der Waals surface area contributed by atoms with Crippen molar-refractivity contribution in [1.29, 1.82) is 0 Å². The summed E-state index contributed by atoms with van der Waals surface area (Å²) in [5.41, 5.74) is 1.41. The molecule has 4 rings (SSSR count). The number of benzene rings is 1. The van der Waals surface area contributed by atoms with Crippen LogP contribution in [0.5, 0.6) is 0 Å². The molecule has 6 nitrogen and oxygen atoms in total. The van der Waals surface area contributed by atoms with Crippen LogP contribution >= 0.6 is 0 Å². The molecule has 2 aliphatic rings. The number of ether oxygens (including phenoxy) is 1. The third kappa shape index (κ3) is 3.71. The van der Waals surface area contributed by atoms with Crippen LogP contribution in [-0.4, -0.2) is 52.4 Å². The molecule has 1 atom stereocenters. The van der Waals surface area contributed by atoms with E-state index in [1.165, 1.54) is 5.69 Å². The van der Waals surface area contributed by atoms with E-state index in [1.807, 2.05) is 41.4 Å². The summed E-state index contributed by atoms with van der Waals surface area (Å²) in [6.45, 7) is 7.90. The highest BCUT2D eigenvalue weighted by atomic mass is 16.5. The number of hydrogen-bond acceptors (Lipinski definition) is 4. The molecule has 28 heavy (non-hydrogen) atoms. The Hall–Kier alpha value is -2.18. The van der Waals surface area contributed by atoms with Gasteiger partial charge in [-0.2, -0.15) is 5.10 Å². The number of para-hydroxylation sites is 1. The molecule has 1 unspecified atom stereocenters. The molecule has 1 aromatic heterocycles. The summed E-state index contributed by atoms with van der Waals surface area (Å²) in [5.74, 6) is 0.110. The second-order valence-electron chi connectivity index (χ2n) is 8.16. The number of morpholine rings is 1. The lowest BCUT2D eigenvalue weighted by atomic mass is 9.94. The Labute approximate surface area is 167 Å². The maximum atomic E-state index is 13.6. The molecule has 6 heteroatoms. The molecule has 1 aromatic carbocycles. The molecule has 1 amide bonds. The molecule has 0 aliphatic carbocycles. The average molecular weight is 383 g/mol. The van der Waals surface area contributed by atoms with Gasteiger partial charge < -0.3 is 9.64 Å². The van der Waals surface area contributed by atoms with Gasteiger partial charge in [-0.05, 0) is 51.3 Å². The monoisotopic (exact) mass is 382 g/mol. The normalized spacial score (nSPS) is 24.1. The predicted octanol–water partition coefficient (Wildman–Crippen LogP) is 3.25. The maximum Gasteiger partial charge on any atom is 0.260 e. The molecule has 0 saturated carbocycles. The summed E-state index contributed by atoms with van der Waals surface area (Å²) in [5, 5.41) is 4.45. The van der Waals surface area contributed by atoms with E-state index < -0.39 is 5.60 Å². The SMILES string of the molecule is CC(C)n1nccc1CN1CCOC2(CCCCN(c3ccccc3)C2=O)C1. The number of aromatic nitrogens is 2. The first-order valence-electron chi connectivity index (χ1n) is 10.3. The molecule has 1 spiro atoms. The molecule has 0 N–H and O–H groups in total. The van der Waals surface area contributed by atoms with Gasteiger partial charge in [0.25, 0.3) is 5.91 Å². The van der Waals surface area contributed by atoms with Gasteiger partial charge in [0.15, 0.2) is 5.60 Å². The minimum Gasteiger partial charge on any atom is -0.362 e. The highest BCUT2D eigenvalue weighted by molar-refractivity contribution is 6.00. The van der Waals surface area contributed by atoms with Crippen molar-refractivity contribution in [2.45, 2.75) is 51.3 Å². The molecule has 150 valence electrons. The number of rotatable bonds is 4. The Morgan fingerprint density at radius 1 is 1.14 bits per heavy atom. The molecular weight excluding hydrogens is 352 g/mol. The predicted molar refractivity (Wildman–Crippen MR) is 109 cm³/mol. The van der Waals surface area contributed by atoms with E-state index in [4.69, 9.17) is 4.74 Å². The van der Waals surface area contributed by atoms with Gasteiger partial charge in [-0.3, -0.25) is 14.4 Å². The smallest absolute Gasteiger partial charge is 0.260 e. The summed E-state index contributed by atoms with van der Waals surface area (Å²) >= 11 is 0. The third-order valence-electron chi connectivity index (χ3n) is 5.81. The molecule has 3 heterocycles. The zero-order valence-corrected chi connectivity index (χ0v) is 16.9. The molecule has 2 aromatic rings. The topological polar surface area (TPSA) is 50.6 Å². The first kappa shape index (κ1) is 19.2. The van der Waals surface area contributed by atoms with E-state index in [0.717, 1.165) is 44.6 Å². The summed E-state index contributed by atoms with van der Waals surface area (Å²) in [6.07, 6.45) is 4.66. The molecule has 0 radical (unpaired) electrons. The summed E-state index contributed by atoms with van der Waals surface area (Å²) < 4.78 is 8.29. The van der Waals surface area contributed by atoms with Crippen LogP contribution in [0.4, 0.5) is 5.69 Å². The number of amides is 1. The number of carbonyl (C=O) groups is 1. The van der Waals surface area contributed by atoms with Crippen LogP contribution in [0.3, 0.4) is 0 Å². The molecule has 2 aliphatic heterocycles. The van der Waals surface area contributed by atoms with Crippen LogP contribution in [0.1, 0.15) is 44.8 Å². The van der Waals surface area contributed by atoms with E-state index in [9.17, 15) is 4.79 Å². The number of anilines is 1.